The van der Waals surface area contributed by atoms with E-state index >= 15 is 0 Å². The van der Waals surface area contributed by atoms with Crippen molar-refractivity contribution in [3.05, 3.63) is 41.2 Å². The third kappa shape index (κ3) is 3.29. The first kappa shape index (κ1) is 15.8. The summed E-state index contributed by atoms with van der Waals surface area (Å²) < 4.78 is 0. The van der Waals surface area contributed by atoms with Gasteiger partial charge in [-0.25, -0.2) is 0 Å². The molecule has 0 saturated carbocycles. The van der Waals surface area contributed by atoms with Gasteiger partial charge in [-0.3, -0.25) is 19.3 Å². The molecule has 0 atom stereocenters. The maximum absolute atomic E-state index is 12.2. The average Bonchev–Trinajstić information content (AvgIpc) is 3.18. The zero-order valence-electron chi connectivity index (χ0n) is 12.9. The molecule has 1 aliphatic rings. The second kappa shape index (κ2) is 6.99. The third-order valence-corrected chi connectivity index (χ3v) is 3.72. The van der Waals surface area contributed by atoms with Crippen LogP contribution in [0.2, 0.25) is 0 Å². The lowest BCUT2D eigenvalue weighted by Crippen LogP contribution is -2.32. The topological polar surface area (TPSA) is 121 Å². The first-order valence-corrected chi connectivity index (χ1v) is 7.61. The number of tetrazole rings is 1. The fourth-order valence-electron chi connectivity index (χ4n) is 2.53. The van der Waals surface area contributed by atoms with Crippen LogP contribution >= 0.6 is 0 Å². The molecule has 2 heterocycles. The van der Waals surface area contributed by atoms with Crippen LogP contribution in [0.4, 0.5) is 0 Å². The van der Waals surface area contributed by atoms with E-state index in [9.17, 15) is 14.4 Å². The summed E-state index contributed by atoms with van der Waals surface area (Å²) in [5.74, 6) is -0.211. The third-order valence-electron chi connectivity index (χ3n) is 3.72. The van der Waals surface area contributed by atoms with Crippen molar-refractivity contribution < 1.29 is 14.4 Å². The predicted molar refractivity (Wildman–Crippen MR) is 81.9 cm³/mol. The normalized spacial score (nSPS) is 13.2. The summed E-state index contributed by atoms with van der Waals surface area (Å²) >= 11 is 0. The predicted octanol–water partition coefficient (Wildman–Crippen LogP) is -0.0652. The fraction of sp³-hybridized carbons (Fsp3) is 0.333. The summed E-state index contributed by atoms with van der Waals surface area (Å²) in [4.78, 5) is 37.3. The summed E-state index contributed by atoms with van der Waals surface area (Å²) in [6.45, 7) is 0.635. The molecule has 1 aromatic carbocycles. The Kier molecular flexibility index (Phi) is 4.59. The van der Waals surface area contributed by atoms with E-state index in [0.29, 0.717) is 36.3 Å². The second-order valence-electron chi connectivity index (χ2n) is 5.34. The molecular weight excluding hydrogens is 312 g/mol. The molecule has 0 bridgehead atoms. The molecule has 3 amide bonds. The van der Waals surface area contributed by atoms with E-state index in [4.69, 9.17) is 0 Å². The number of benzene rings is 1. The molecule has 9 nitrogen and oxygen atoms in total. The van der Waals surface area contributed by atoms with Gasteiger partial charge in [0, 0.05) is 25.9 Å². The van der Waals surface area contributed by atoms with Gasteiger partial charge in [0.25, 0.3) is 11.8 Å². The van der Waals surface area contributed by atoms with Crippen molar-refractivity contribution in [3.63, 3.8) is 0 Å². The number of rotatable bonds is 7. The minimum Gasteiger partial charge on any atom is -0.356 e. The van der Waals surface area contributed by atoms with Crippen molar-refractivity contribution in [3.8, 4) is 0 Å². The number of nitrogens with zero attached hydrogens (tertiary/aromatic N) is 4. The van der Waals surface area contributed by atoms with Gasteiger partial charge in [0.15, 0.2) is 5.82 Å². The highest BCUT2D eigenvalue weighted by atomic mass is 16.2. The molecule has 2 aromatic rings. The highest BCUT2D eigenvalue weighted by molar-refractivity contribution is 6.21. The van der Waals surface area contributed by atoms with Crippen molar-refractivity contribution in [2.45, 2.75) is 19.3 Å². The van der Waals surface area contributed by atoms with Gasteiger partial charge in [0.05, 0.1) is 11.1 Å². The van der Waals surface area contributed by atoms with E-state index in [0.717, 1.165) is 0 Å². The zero-order chi connectivity index (χ0) is 16.9. The number of nitrogens with one attached hydrogen (secondary N) is 2. The van der Waals surface area contributed by atoms with E-state index in [2.05, 4.69) is 25.9 Å². The maximum atomic E-state index is 12.2. The molecule has 2 N–H and O–H groups in total. The van der Waals surface area contributed by atoms with Crippen LogP contribution in [-0.4, -0.2) is 56.3 Å². The van der Waals surface area contributed by atoms with Crippen molar-refractivity contribution >= 4 is 17.7 Å². The number of imide groups is 1. The Morgan fingerprint density at radius 2 is 1.88 bits per heavy atom. The smallest absolute Gasteiger partial charge is 0.261 e. The molecule has 9 heteroatoms. The Hall–Kier alpha value is -3.10. The Morgan fingerprint density at radius 3 is 2.50 bits per heavy atom. The molecule has 0 unspecified atom stereocenters. The van der Waals surface area contributed by atoms with Gasteiger partial charge in [-0.1, -0.05) is 17.3 Å². The van der Waals surface area contributed by atoms with Crippen LogP contribution in [-0.2, 0) is 11.2 Å². The van der Waals surface area contributed by atoms with Crippen LogP contribution in [0.25, 0.3) is 0 Å². The highest BCUT2D eigenvalue weighted by Gasteiger charge is 2.34. The summed E-state index contributed by atoms with van der Waals surface area (Å²) in [6.07, 6.45) is 1.14. The van der Waals surface area contributed by atoms with E-state index in [1.54, 1.807) is 24.3 Å². The van der Waals surface area contributed by atoms with Crippen molar-refractivity contribution in [1.29, 1.82) is 0 Å². The van der Waals surface area contributed by atoms with Crippen LogP contribution < -0.4 is 5.32 Å². The number of aromatic amines is 1. The molecular formula is C15H16N6O3. The number of carbonyl (C=O) groups is 3. The van der Waals surface area contributed by atoms with Crippen LogP contribution in [0, 0.1) is 0 Å². The summed E-state index contributed by atoms with van der Waals surface area (Å²) in [6, 6.07) is 6.73. The quantitative estimate of drug-likeness (QED) is 0.687. The van der Waals surface area contributed by atoms with Crippen molar-refractivity contribution in [1.82, 2.24) is 30.8 Å². The number of aromatic nitrogens is 4. The Balaban J connectivity index is 1.41. The van der Waals surface area contributed by atoms with Crippen molar-refractivity contribution in [2.24, 2.45) is 0 Å². The molecule has 24 heavy (non-hydrogen) atoms. The minimum atomic E-state index is -0.298. The zero-order valence-corrected chi connectivity index (χ0v) is 12.9. The lowest BCUT2D eigenvalue weighted by molar-refractivity contribution is -0.121. The van der Waals surface area contributed by atoms with Gasteiger partial charge in [-0.05, 0) is 18.6 Å². The second-order valence-corrected chi connectivity index (χ2v) is 5.34. The average molecular weight is 328 g/mol. The number of hydrogen-bond donors (Lipinski definition) is 2. The Labute approximate surface area is 137 Å². The van der Waals surface area contributed by atoms with E-state index in [-0.39, 0.29) is 30.7 Å². The first-order chi connectivity index (χ1) is 11.7. The largest absolute Gasteiger partial charge is 0.356 e. The van der Waals surface area contributed by atoms with Gasteiger partial charge in [0.1, 0.15) is 0 Å². The number of hydrogen-bond acceptors (Lipinski definition) is 6. The summed E-state index contributed by atoms with van der Waals surface area (Å²) in [5.41, 5.74) is 0.846. The standard InChI is InChI=1S/C15H16N6O3/c22-13(16-8-7-12-17-19-20-18-12)6-3-9-21-14(23)10-4-1-2-5-11(10)15(21)24/h1-2,4-5H,3,6-9H2,(H,16,22)(H,17,18,19,20). The minimum absolute atomic E-state index is 0.143. The van der Waals surface area contributed by atoms with Gasteiger partial charge >= 0.3 is 0 Å². The molecule has 0 spiro atoms. The molecule has 0 radical (unpaired) electrons. The number of fused-ring (bicyclic) bond motifs is 1. The van der Waals surface area contributed by atoms with Crippen molar-refractivity contribution in [2.75, 3.05) is 13.1 Å². The summed E-state index contributed by atoms with van der Waals surface area (Å²) in [7, 11) is 0. The van der Waals surface area contributed by atoms with Crippen LogP contribution in [0.15, 0.2) is 24.3 Å². The summed E-state index contributed by atoms with van der Waals surface area (Å²) in [5, 5.41) is 16.1. The van der Waals surface area contributed by atoms with Gasteiger partial charge in [-0.2, -0.15) is 5.21 Å². The fourth-order valence-corrected chi connectivity index (χ4v) is 2.53. The van der Waals surface area contributed by atoms with E-state index in [1.807, 2.05) is 0 Å². The Bertz CT molecular complexity index is 723. The number of carbonyl (C=O) groups excluding carboxylic acids is 3. The molecule has 0 fully saturated rings. The molecule has 3 rings (SSSR count). The van der Waals surface area contributed by atoms with E-state index < -0.39 is 0 Å². The monoisotopic (exact) mass is 328 g/mol. The molecule has 0 saturated heterocycles. The van der Waals surface area contributed by atoms with Crippen LogP contribution in [0.1, 0.15) is 39.4 Å². The Morgan fingerprint density at radius 1 is 1.17 bits per heavy atom. The first-order valence-electron chi connectivity index (χ1n) is 7.61. The number of H-pyrrole nitrogens is 1. The molecule has 1 aliphatic heterocycles. The maximum Gasteiger partial charge on any atom is 0.261 e. The van der Waals surface area contributed by atoms with Gasteiger partial charge < -0.3 is 5.32 Å². The highest BCUT2D eigenvalue weighted by Crippen LogP contribution is 2.22. The lowest BCUT2D eigenvalue weighted by Gasteiger charge is -2.13. The SMILES string of the molecule is O=C(CCCN1C(=O)c2ccccc2C1=O)NCCc1nn[nH]n1. The molecule has 124 valence electrons. The van der Waals surface area contributed by atoms with E-state index in [1.165, 1.54) is 4.90 Å². The van der Waals surface area contributed by atoms with Gasteiger partial charge in [-0.15, -0.1) is 10.2 Å². The van der Waals surface area contributed by atoms with Crippen LogP contribution in [0.3, 0.4) is 0 Å². The molecule has 1 aromatic heterocycles. The van der Waals surface area contributed by atoms with Gasteiger partial charge in [0.2, 0.25) is 5.91 Å². The lowest BCUT2D eigenvalue weighted by atomic mass is 10.1. The van der Waals surface area contributed by atoms with Crippen LogP contribution in [0.5, 0.6) is 0 Å². The number of amides is 3. The molecule has 0 aliphatic carbocycles.